The van der Waals surface area contributed by atoms with E-state index < -0.39 is 5.82 Å². The smallest absolute Gasteiger partial charge is 0.179 e. The van der Waals surface area contributed by atoms with Gasteiger partial charge in [0.25, 0.3) is 0 Å². The first-order valence-corrected chi connectivity index (χ1v) is 12.5. The Morgan fingerprint density at radius 3 is 2.72 bits per heavy atom. The van der Waals surface area contributed by atoms with Crippen LogP contribution in [-0.4, -0.2) is 50.5 Å². The van der Waals surface area contributed by atoms with Gasteiger partial charge in [0.1, 0.15) is 11.6 Å². The molecule has 4 aromatic rings. The first-order chi connectivity index (χ1) is 17.6. The van der Waals surface area contributed by atoms with Gasteiger partial charge >= 0.3 is 0 Å². The van der Waals surface area contributed by atoms with Gasteiger partial charge in [-0.15, -0.1) is 0 Å². The van der Waals surface area contributed by atoms with E-state index in [2.05, 4.69) is 60.7 Å². The molecule has 0 aliphatic carbocycles. The number of aromatic amines is 1. The van der Waals surface area contributed by atoms with Crippen LogP contribution in [0.5, 0.6) is 0 Å². The van der Waals surface area contributed by atoms with Gasteiger partial charge in [-0.25, -0.2) is 14.4 Å². The number of halogens is 2. The third kappa shape index (κ3) is 5.66. The number of anilines is 1. The van der Waals surface area contributed by atoms with Crippen LogP contribution in [0.15, 0.2) is 65.9 Å². The Balaban J connectivity index is 1.21. The highest BCUT2D eigenvalue weighted by atomic mass is 35.5. The molecule has 2 aromatic heterocycles. The lowest BCUT2D eigenvalue weighted by atomic mass is 9.90. The molecule has 0 spiro atoms. The number of benzene rings is 2. The van der Waals surface area contributed by atoms with E-state index in [0.717, 1.165) is 44.2 Å². The Hall–Kier alpha value is -3.49. The van der Waals surface area contributed by atoms with Crippen molar-refractivity contribution < 1.29 is 9.60 Å². The van der Waals surface area contributed by atoms with Crippen LogP contribution in [0.4, 0.5) is 10.1 Å². The van der Waals surface area contributed by atoms with E-state index in [1.165, 1.54) is 36.6 Å². The molecule has 5 rings (SSSR count). The van der Waals surface area contributed by atoms with Gasteiger partial charge in [-0.2, -0.15) is 0 Å². The molecule has 0 unspecified atom stereocenters. The Kier molecular flexibility index (Phi) is 7.44. The number of likely N-dealkylation sites (tertiary alicyclic amines) is 1. The topological polar surface area (TPSA) is 89.4 Å². The molecule has 0 amide bonds. The summed E-state index contributed by atoms with van der Waals surface area (Å²) < 4.78 is 13.5. The second-order valence-electron chi connectivity index (χ2n) is 9.17. The normalized spacial score (nSPS) is 15.4. The Morgan fingerprint density at radius 2 is 1.97 bits per heavy atom. The zero-order valence-corrected chi connectivity index (χ0v) is 20.5. The third-order valence-corrected chi connectivity index (χ3v) is 7.01. The lowest BCUT2D eigenvalue weighted by molar-refractivity contribution is 0.185. The van der Waals surface area contributed by atoms with Crippen LogP contribution in [-0.2, 0) is 12.8 Å². The first-order valence-electron chi connectivity index (χ1n) is 12.1. The average Bonchev–Trinajstić information content (AvgIpc) is 3.33. The van der Waals surface area contributed by atoms with Crippen LogP contribution in [0.2, 0.25) is 5.02 Å². The van der Waals surface area contributed by atoms with Crippen LogP contribution in [0.3, 0.4) is 0 Å². The summed E-state index contributed by atoms with van der Waals surface area (Å²) in [6.45, 7) is 3.10. The molecule has 1 saturated heterocycles. The van der Waals surface area contributed by atoms with Crippen LogP contribution < -0.4 is 5.32 Å². The molecular weight excluding hydrogens is 479 g/mol. The van der Waals surface area contributed by atoms with E-state index in [1.54, 1.807) is 12.3 Å². The van der Waals surface area contributed by atoms with E-state index in [4.69, 9.17) is 11.6 Å². The maximum Gasteiger partial charge on any atom is 0.179 e. The molecule has 1 fully saturated rings. The summed E-state index contributed by atoms with van der Waals surface area (Å²) in [5.41, 5.74) is 3.73. The van der Waals surface area contributed by atoms with Crippen LogP contribution in [0.25, 0.3) is 11.2 Å². The predicted molar refractivity (Wildman–Crippen MR) is 140 cm³/mol. The summed E-state index contributed by atoms with van der Waals surface area (Å²) in [7, 11) is 0. The zero-order chi connectivity index (χ0) is 24.9. The fourth-order valence-corrected chi connectivity index (χ4v) is 4.94. The van der Waals surface area contributed by atoms with Crippen molar-refractivity contribution in [3.8, 4) is 0 Å². The average molecular weight is 507 g/mol. The number of imidazole rings is 1. The molecule has 1 aliphatic heterocycles. The quantitative estimate of drug-likeness (QED) is 0.133. The maximum absolute atomic E-state index is 13.5. The highest BCUT2D eigenvalue weighted by Crippen LogP contribution is 2.23. The van der Waals surface area contributed by atoms with Gasteiger partial charge in [0, 0.05) is 30.4 Å². The van der Waals surface area contributed by atoms with E-state index in [0.29, 0.717) is 22.4 Å². The number of fused-ring (bicyclic) bond motifs is 1. The maximum atomic E-state index is 13.5. The Morgan fingerprint density at radius 1 is 1.17 bits per heavy atom. The summed E-state index contributed by atoms with van der Waals surface area (Å²) in [6, 6.07) is 16.7. The SMILES string of the molecule is O/N=C(\Nc1ccc(F)c(Cl)c1)c1ccnc2nc(CCN3CCC(Cc4ccccc4)CC3)[nH]c12. The van der Waals surface area contributed by atoms with E-state index in [-0.39, 0.29) is 10.9 Å². The van der Waals surface area contributed by atoms with Gasteiger partial charge in [0.15, 0.2) is 11.5 Å². The van der Waals surface area contributed by atoms with Gasteiger partial charge in [0.2, 0.25) is 0 Å². The molecular formula is C27H28ClFN6O. The summed E-state index contributed by atoms with van der Waals surface area (Å²) >= 11 is 5.88. The third-order valence-electron chi connectivity index (χ3n) is 6.72. The molecule has 3 N–H and O–H groups in total. The number of amidine groups is 1. The van der Waals surface area contributed by atoms with Gasteiger partial charge in [-0.3, -0.25) is 0 Å². The summed E-state index contributed by atoms with van der Waals surface area (Å²) in [6.07, 6.45) is 5.95. The van der Waals surface area contributed by atoms with Crippen molar-refractivity contribution >= 4 is 34.3 Å². The minimum atomic E-state index is -0.519. The molecule has 1 aliphatic rings. The molecule has 9 heteroatoms. The number of H-pyrrole nitrogens is 1. The second-order valence-corrected chi connectivity index (χ2v) is 9.58. The Bertz CT molecular complexity index is 1350. The van der Waals surface area contributed by atoms with Crippen molar-refractivity contribution in [2.45, 2.75) is 25.7 Å². The highest BCUT2D eigenvalue weighted by Gasteiger charge is 2.20. The Labute approximate surface area is 214 Å². The van der Waals surface area contributed by atoms with E-state index >= 15 is 0 Å². The number of hydrogen-bond acceptors (Lipinski definition) is 5. The number of nitrogens with zero attached hydrogens (tertiary/aromatic N) is 4. The fraction of sp³-hybridized carbons (Fsp3) is 0.296. The van der Waals surface area contributed by atoms with Crippen molar-refractivity contribution in [1.29, 1.82) is 0 Å². The summed E-state index contributed by atoms with van der Waals surface area (Å²) in [5.74, 6) is 1.23. The highest BCUT2D eigenvalue weighted by molar-refractivity contribution is 6.31. The summed E-state index contributed by atoms with van der Waals surface area (Å²) in [4.78, 5) is 14.9. The van der Waals surface area contributed by atoms with Crippen molar-refractivity contribution in [3.63, 3.8) is 0 Å². The molecule has 36 heavy (non-hydrogen) atoms. The van der Waals surface area contributed by atoms with Crippen molar-refractivity contribution in [3.05, 3.63) is 88.6 Å². The predicted octanol–water partition coefficient (Wildman–Crippen LogP) is 5.50. The largest absolute Gasteiger partial charge is 0.409 e. The molecule has 0 atom stereocenters. The zero-order valence-electron chi connectivity index (χ0n) is 19.8. The lowest BCUT2D eigenvalue weighted by Crippen LogP contribution is -2.35. The van der Waals surface area contributed by atoms with Crippen LogP contribution in [0, 0.1) is 11.7 Å². The molecule has 7 nitrogen and oxygen atoms in total. The molecule has 2 aromatic carbocycles. The minimum Gasteiger partial charge on any atom is -0.409 e. The number of pyridine rings is 1. The van der Waals surface area contributed by atoms with Crippen molar-refractivity contribution in [2.24, 2.45) is 11.1 Å². The standard InChI is InChI=1S/C27H28ClFN6O/c28-22-17-20(6-7-23(22)29)31-26(34-36)21-8-12-30-27-25(21)32-24(33-27)11-15-35-13-9-19(10-14-35)16-18-4-2-1-3-5-18/h1-8,12,17,19,36H,9-11,13-16H2,(H,31,34)(H,30,32,33). The minimum absolute atomic E-state index is 0.0231. The van der Waals surface area contributed by atoms with Gasteiger partial charge in [0.05, 0.1) is 10.5 Å². The van der Waals surface area contributed by atoms with Crippen molar-refractivity contribution in [2.75, 3.05) is 25.0 Å². The van der Waals surface area contributed by atoms with Gasteiger partial charge in [-0.05, 0) is 68.1 Å². The van der Waals surface area contributed by atoms with Crippen LogP contribution >= 0.6 is 11.6 Å². The van der Waals surface area contributed by atoms with Gasteiger partial charge < -0.3 is 20.4 Å². The number of nitrogens with one attached hydrogen (secondary N) is 2. The fourth-order valence-electron chi connectivity index (χ4n) is 4.76. The number of oxime groups is 1. The van der Waals surface area contributed by atoms with Gasteiger partial charge in [-0.1, -0.05) is 47.1 Å². The number of piperidine rings is 1. The monoisotopic (exact) mass is 506 g/mol. The molecule has 186 valence electrons. The molecule has 3 heterocycles. The number of aromatic nitrogens is 3. The summed E-state index contributed by atoms with van der Waals surface area (Å²) in [5, 5.41) is 16.0. The number of hydrogen-bond donors (Lipinski definition) is 3. The van der Waals surface area contributed by atoms with E-state index in [1.807, 2.05) is 0 Å². The molecule has 0 radical (unpaired) electrons. The second kappa shape index (κ2) is 11.1. The van der Waals surface area contributed by atoms with Crippen LogP contribution in [0.1, 0.15) is 29.8 Å². The van der Waals surface area contributed by atoms with E-state index in [9.17, 15) is 9.60 Å². The van der Waals surface area contributed by atoms with Crippen molar-refractivity contribution in [1.82, 2.24) is 19.9 Å². The number of rotatable bonds is 7. The lowest BCUT2D eigenvalue weighted by Gasteiger charge is -2.31. The first kappa shape index (κ1) is 24.2. The molecule has 0 saturated carbocycles. The molecule has 0 bridgehead atoms.